The van der Waals surface area contributed by atoms with Crippen LogP contribution in [-0.4, -0.2) is 19.1 Å². The highest BCUT2D eigenvalue weighted by molar-refractivity contribution is 5.54. The van der Waals surface area contributed by atoms with Crippen molar-refractivity contribution in [3.8, 4) is 0 Å². The second kappa shape index (κ2) is 7.54. The van der Waals surface area contributed by atoms with Gasteiger partial charge in [0.25, 0.3) is 0 Å². The number of aryl methyl sites for hydroxylation is 1. The molecule has 0 saturated heterocycles. The average Bonchev–Trinajstić information content (AvgIpc) is 2.40. The molecule has 1 aromatic rings. The fraction of sp³-hybridized carbons (Fsp3) is 0.647. The maximum atomic E-state index is 6.03. The molecule has 0 aliphatic rings. The second-order valence-corrected chi connectivity index (χ2v) is 5.57. The zero-order chi connectivity index (χ0) is 14.4. The van der Waals surface area contributed by atoms with E-state index in [2.05, 4.69) is 57.8 Å². The van der Waals surface area contributed by atoms with Crippen molar-refractivity contribution in [3.63, 3.8) is 0 Å². The number of nitrogens with two attached hydrogens (primary N) is 1. The van der Waals surface area contributed by atoms with Crippen molar-refractivity contribution < 1.29 is 0 Å². The molecule has 0 radical (unpaired) electrons. The predicted octanol–water partition coefficient (Wildman–Crippen LogP) is 3.90. The van der Waals surface area contributed by atoms with E-state index in [0.717, 1.165) is 12.8 Å². The van der Waals surface area contributed by atoms with Crippen LogP contribution in [0.2, 0.25) is 0 Å². The topological polar surface area (TPSA) is 29.3 Å². The van der Waals surface area contributed by atoms with Crippen LogP contribution in [0.1, 0.15) is 51.2 Å². The molecule has 1 atom stereocenters. The summed E-state index contributed by atoms with van der Waals surface area (Å²) in [5, 5.41) is 0. The van der Waals surface area contributed by atoms with E-state index < -0.39 is 0 Å². The van der Waals surface area contributed by atoms with Crippen LogP contribution in [0.15, 0.2) is 18.2 Å². The lowest BCUT2D eigenvalue weighted by atomic mass is 10.0. The molecule has 0 bridgehead atoms. The Hall–Kier alpha value is -1.02. The van der Waals surface area contributed by atoms with Gasteiger partial charge in [-0.3, -0.25) is 0 Å². The average molecular weight is 262 g/mol. The smallest absolute Gasteiger partial charge is 0.0396 e. The molecular weight excluding hydrogens is 232 g/mol. The first-order chi connectivity index (χ1) is 9.03. The summed E-state index contributed by atoms with van der Waals surface area (Å²) in [6.07, 6.45) is 4.39. The SMILES string of the molecule is CCC(N)Cc1ccc(N(C)C(CC)CC)c(C)c1. The Bertz CT molecular complexity index is 383. The van der Waals surface area contributed by atoms with Crippen molar-refractivity contribution in [1.82, 2.24) is 0 Å². The van der Waals surface area contributed by atoms with Crippen molar-refractivity contribution in [2.24, 2.45) is 5.73 Å². The summed E-state index contributed by atoms with van der Waals surface area (Å²) < 4.78 is 0. The monoisotopic (exact) mass is 262 g/mol. The van der Waals surface area contributed by atoms with Crippen LogP contribution >= 0.6 is 0 Å². The molecule has 2 heteroatoms. The highest BCUT2D eigenvalue weighted by Crippen LogP contribution is 2.24. The first kappa shape index (κ1) is 16.0. The molecule has 2 N–H and O–H groups in total. The van der Waals surface area contributed by atoms with Crippen molar-refractivity contribution in [2.75, 3.05) is 11.9 Å². The molecule has 0 spiro atoms. The Labute approximate surface area is 119 Å². The largest absolute Gasteiger partial charge is 0.371 e. The van der Waals surface area contributed by atoms with E-state index >= 15 is 0 Å². The lowest BCUT2D eigenvalue weighted by molar-refractivity contribution is 0.590. The predicted molar refractivity (Wildman–Crippen MR) is 85.9 cm³/mol. The number of rotatable bonds is 7. The fourth-order valence-electron chi connectivity index (χ4n) is 2.72. The minimum absolute atomic E-state index is 0.280. The number of nitrogens with zero attached hydrogens (tertiary/aromatic N) is 1. The summed E-state index contributed by atoms with van der Waals surface area (Å²) in [5.74, 6) is 0. The lowest BCUT2D eigenvalue weighted by Gasteiger charge is -2.30. The van der Waals surface area contributed by atoms with E-state index in [0.29, 0.717) is 6.04 Å². The molecule has 0 aliphatic carbocycles. The molecule has 0 heterocycles. The summed E-state index contributed by atoms with van der Waals surface area (Å²) in [5.41, 5.74) is 10.1. The zero-order valence-electron chi connectivity index (χ0n) is 13.2. The molecule has 0 aromatic heterocycles. The number of anilines is 1. The van der Waals surface area contributed by atoms with Gasteiger partial charge in [-0.25, -0.2) is 0 Å². The highest BCUT2D eigenvalue weighted by atomic mass is 15.1. The molecule has 1 unspecified atom stereocenters. The third-order valence-electron chi connectivity index (χ3n) is 4.15. The number of hydrogen-bond acceptors (Lipinski definition) is 2. The van der Waals surface area contributed by atoms with Gasteiger partial charge in [0, 0.05) is 24.8 Å². The van der Waals surface area contributed by atoms with E-state index in [1.165, 1.54) is 29.7 Å². The highest BCUT2D eigenvalue weighted by Gasteiger charge is 2.13. The van der Waals surface area contributed by atoms with Crippen molar-refractivity contribution in [1.29, 1.82) is 0 Å². The van der Waals surface area contributed by atoms with Gasteiger partial charge in [-0.1, -0.05) is 32.9 Å². The van der Waals surface area contributed by atoms with Crippen molar-refractivity contribution >= 4 is 5.69 Å². The molecule has 0 aliphatic heterocycles. The van der Waals surface area contributed by atoms with E-state index in [4.69, 9.17) is 5.73 Å². The van der Waals surface area contributed by atoms with Gasteiger partial charge in [-0.2, -0.15) is 0 Å². The molecule has 0 amide bonds. The van der Waals surface area contributed by atoms with Gasteiger partial charge in [-0.15, -0.1) is 0 Å². The number of benzene rings is 1. The Morgan fingerprint density at radius 3 is 2.21 bits per heavy atom. The zero-order valence-corrected chi connectivity index (χ0v) is 13.2. The maximum absolute atomic E-state index is 6.03. The summed E-state index contributed by atoms with van der Waals surface area (Å²) >= 11 is 0. The third kappa shape index (κ3) is 4.24. The normalized spacial score (nSPS) is 12.8. The van der Waals surface area contributed by atoms with E-state index in [-0.39, 0.29) is 6.04 Å². The van der Waals surface area contributed by atoms with Crippen LogP contribution in [0.5, 0.6) is 0 Å². The van der Waals surface area contributed by atoms with Gasteiger partial charge in [0.1, 0.15) is 0 Å². The molecule has 1 aromatic carbocycles. The first-order valence-corrected chi connectivity index (χ1v) is 7.61. The van der Waals surface area contributed by atoms with Crippen LogP contribution in [-0.2, 0) is 6.42 Å². The van der Waals surface area contributed by atoms with Crippen LogP contribution in [0, 0.1) is 6.92 Å². The molecule has 108 valence electrons. The molecular formula is C17H30N2. The summed E-state index contributed by atoms with van der Waals surface area (Å²) in [6, 6.07) is 7.69. The van der Waals surface area contributed by atoms with Crippen molar-refractivity contribution in [2.45, 2.75) is 65.5 Å². The van der Waals surface area contributed by atoms with Crippen LogP contribution in [0.4, 0.5) is 5.69 Å². The van der Waals surface area contributed by atoms with Crippen LogP contribution in [0.3, 0.4) is 0 Å². The Balaban J connectivity index is 2.87. The minimum Gasteiger partial charge on any atom is -0.371 e. The quantitative estimate of drug-likeness (QED) is 0.807. The van der Waals surface area contributed by atoms with Gasteiger partial charge in [0.2, 0.25) is 0 Å². The maximum Gasteiger partial charge on any atom is 0.0396 e. The molecule has 19 heavy (non-hydrogen) atoms. The van der Waals surface area contributed by atoms with Gasteiger partial charge < -0.3 is 10.6 Å². The van der Waals surface area contributed by atoms with E-state index in [9.17, 15) is 0 Å². The van der Waals surface area contributed by atoms with Crippen molar-refractivity contribution in [3.05, 3.63) is 29.3 Å². The summed E-state index contributed by atoms with van der Waals surface area (Å²) in [7, 11) is 2.21. The Morgan fingerprint density at radius 1 is 1.11 bits per heavy atom. The second-order valence-electron chi connectivity index (χ2n) is 5.57. The molecule has 0 saturated carbocycles. The van der Waals surface area contributed by atoms with Gasteiger partial charge >= 0.3 is 0 Å². The van der Waals surface area contributed by atoms with Crippen LogP contribution < -0.4 is 10.6 Å². The molecule has 0 fully saturated rings. The minimum atomic E-state index is 0.280. The fourth-order valence-corrected chi connectivity index (χ4v) is 2.72. The summed E-state index contributed by atoms with van der Waals surface area (Å²) in [6.45, 7) is 8.87. The third-order valence-corrected chi connectivity index (χ3v) is 4.15. The van der Waals surface area contributed by atoms with E-state index in [1.54, 1.807) is 0 Å². The Morgan fingerprint density at radius 2 is 1.74 bits per heavy atom. The standard InChI is InChI=1S/C17H30N2/c1-6-15(18)12-14-9-10-17(13(4)11-14)19(5)16(7-2)8-3/h9-11,15-16H,6-8,12,18H2,1-5H3. The van der Waals surface area contributed by atoms with Crippen LogP contribution in [0.25, 0.3) is 0 Å². The molecule has 2 nitrogen and oxygen atoms in total. The van der Waals surface area contributed by atoms with Gasteiger partial charge in [0.15, 0.2) is 0 Å². The van der Waals surface area contributed by atoms with Gasteiger partial charge in [-0.05, 0) is 49.8 Å². The Kier molecular flexibility index (Phi) is 6.36. The number of hydrogen-bond donors (Lipinski definition) is 1. The molecule has 1 rings (SSSR count). The lowest BCUT2D eigenvalue weighted by Crippen LogP contribution is -2.31. The summed E-state index contributed by atoms with van der Waals surface area (Å²) in [4.78, 5) is 2.42. The first-order valence-electron chi connectivity index (χ1n) is 7.61. The van der Waals surface area contributed by atoms with Gasteiger partial charge in [0.05, 0.1) is 0 Å². The van der Waals surface area contributed by atoms with E-state index in [1.807, 2.05) is 0 Å².